The Morgan fingerprint density at radius 2 is 1.62 bits per heavy atom. The van der Waals surface area contributed by atoms with E-state index in [1.54, 1.807) is 11.8 Å². The van der Waals surface area contributed by atoms with Crippen LogP contribution in [0.4, 0.5) is 11.4 Å². The number of ether oxygens (including phenoxy) is 1. The van der Waals surface area contributed by atoms with Crippen molar-refractivity contribution in [3.8, 4) is 0 Å². The fourth-order valence-corrected chi connectivity index (χ4v) is 6.59. The molecule has 1 saturated heterocycles. The molecule has 10 heteroatoms. The molecule has 0 amide bonds. The Hall–Kier alpha value is -3.67. The Balaban J connectivity index is 1.11. The highest BCUT2D eigenvalue weighted by atomic mass is 32.2. The van der Waals surface area contributed by atoms with Crippen molar-refractivity contribution >= 4 is 40.4 Å². The van der Waals surface area contributed by atoms with E-state index in [2.05, 4.69) is 69.5 Å². The number of benzene rings is 3. The zero-order valence-corrected chi connectivity index (χ0v) is 23.0. The molecule has 9 nitrogen and oxygen atoms in total. The number of nitrogens with zero attached hydrogens (tertiary/aromatic N) is 6. The normalized spacial score (nSPS) is 21.4. The Morgan fingerprint density at radius 1 is 0.875 bits per heavy atom. The molecule has 0 bridgehead atoms. The molecular formula is C30H32N8OS. The summed E-state index contributed by atoms with van der Waals surface area (Å²) in [5.74, 6) is 0.817. The number of hydrogen-bond donors (Lipinski definition) is 2. The number of hydrogen-bond acceptors (Lipinski definition) is 9. The summed E-state index contributed by atoms with van der Waals surface area (Å²) in [4.78, 5) is 12.3. The van der Waals surface area contributed by atoms with E-state index in [0.29, 0.717) is 6.54 Å². The number of rotatable bonds is 6. The Labute approximate surface area is 237 Å². The van der Waals surface area contributed by atoms with Crippen molar-refractivity contribution in [2.75, 3.05) is 36.1 Å². The molecule has 204 valence electrons. The van der Waals surface area contributed by atoms with Gasteiger partial charge < -0.3 is 21.1 Å². The second-order valence-corrected chi connectivity index (χ2v) is 11.4. The summed E-state index contributed by atoms with van der Waals surface area (Å²) in [6.45, 7) is 5.16. The van der Waals surface area contributed by atoms with Crippen molar-refractivity contribution in [2.24, 2.45) is 16.5 Å². The number of aromatic nitrogens is 2. The lowest BCUT2D eigenvalue weighted by Gasteiger charge is -2.31. The molecular weight excluding hydrogens is 520 g/mol. The molecule has 4 N–H and O–H groups in total. The van der Waals surface area contributed by atoms with Crippen LogP contribution in [0.3, 0.4) is 0 Å². The predicted octanol–water partition coefficient (Wildman–Crippen LogP) is 3.71. The van der Waals surface area contributed by atoms with Crippen molar-refractivity contribution < 1.29 is 4.74 Å². The van der Waals surface area contributed by atoms with Crippen LogP contribution in [0, 0.1) is 0 Å². The topological polar surface area (TPSA) is 101 Å². The van der Waals surface area contributed by atoms with Gasteiger partial charge >= 0.3 is 0 Å². The first-order valence-electron chi connectivity index (χ1n) is 13.6. The molecule has 4 aromatic rings. The third-order valence-electron chi connectivity index (χ3n) is 7.65. The second kappa shape index (κ2) is 10.7. The van der Waals surface area contributed by atoms with Crippen molar-refractivity contribution in [3.05, 3.63) is 101 Å². The molecule has 1 aromatic heterocycles. The van der Waals surface area contributed by atoms with Crippen LogP contribution in [0.2, 0.25) is 0 Å². The van der Waals surface area contributed by atoms with E-state index >= 15 is 0 Å². The van der Waals surface area contributed by atoms with Crippen LogP contribution in [-0.4, -0.2) is 59.0 Å². The molecule has 0 aliphatic carbocycles. The van der Waals surface area contributed by atoms with Gasteiger partial charge in [0.25, 0.3) is 0 Å². The van der Waals surface area contributed by atoms with Gasteiger partial charge in [-0.05, 0) is 41.5 Å². The van der Waals surface area contributed by atoms with Crippen LogP contribution in [-0.2, 0) is 17.8 Å². The number of fused-ring (bicyclic) bond motifs is 1. The minimum Gasteiger partial charge on any atom is -0.379 e. The average Bonchev–Trinajstić information content (AvgIpc) is 3.55. The van der Waals surface area contributed by atoms with Crippen molar-refractivity contribution in [1.29, 1.82) is 0 Å². The third-order valence-corrected chi connectivity index (χ3v) is 8.78. The van der Waals surface area contributed by atoms with E-state index in [4.69, 9.17) is 21.2 Å². The highest BCUT2D eigenvalue weighted by Crippen LogP contribution is 2.43. The monoisotopic (exact) mass is 552 g/mol. The lowest BCUT2D eigenvalue weighted by molar-refractivity contribution is 0.0342. The molecule has 4 heterocycles. The van der Waals surface area contributed by atoms with Gasteiger partial charge in [0.2, 0.25) is 0 Å². The van der Waals surface area contributed by atoms with E-state index in [9.17, 15) is 0 Å². The summed E-state index contributed by atoms with van der Waals surface area (Å²) in [7, 11) is 0. The molecule has 3 aromatic carbocycles. The van der Waals surface area contributed by atoms with Gasteiger partial charge in [-0.15, -0.1) is 0 Å². The molecule has 3 aliphatic heterocycles. The minimum absolute atomic E-state index is 0.298. The standard InChI is InChI=1S/C30H32N8OS/c31-28-27-29(38(30(32)40-27)24-9-6-22(7-10-24)18-35-12-14-39-15-13-35)33-20-36(28)25-11-8-23-17-34-37(26(23)16-25)19-21-4-2-1-3-5-21/h1-11,16-17,20,28,30H,12-15,18-19,31-32H2. The maximum atomic E-state index is 6.84. The molecule has 0 radical (unpaired) electrons. The van der Waals surface area contributed by atoms with Gasteiger partial charge in [0.05, 0.1) is 42.7 Å². The van der Waals surface area contributed by atoms with Crippen LogP contribution < -0.4 is 21.3 Å². The van der Waals surface area contributed by atoms with E-state index < -0.39 is 6.17 Å². The van der Waals surface area contributed by atoms with Crippen molar-refractivity contribution in [3.63, 3.8) is 0 Å². The van der Waals surface area contributed by atoms with Crippen molar-refractivity contribution in [2.45, 2.75) is 24.8 Å². The van der Waals surface area contributed by atoms with Crippen LogP contribution in [0.25, 0.3) is 10.9 Å². The van der Waals surface area contributed by atoms with Gasteiger partial charge in [-0.25, -0.2) is 4.99 Å². The smallest absolute Gasteiger partial charge is 0.150 e. The van der Waals surface area contributed by atoms with Gasteiger partial charge in [0, 0.05) is 36.4 Å². The largest absolute Gasteiger partial charge is 0.379 e. The summed E-state index contributed by atoms with van der Waals surface area (Å²) in [6, 6.07) is 25.2. The van der Waals surface area contributed by atoms with Gasteiger partial charge in [0.15, 0.2) is 0 Å². The van der Waals surface area contributed by atoms with Crippen molar-refractivity contribution in [1.82, 2.24) is 14.7 Å². The fraction of sp³-hybridized carbons (Fsp3) is 0.267. The molecule has 0 spiro atoms. The van der Waals surface area contributed by atoms with Gasteiger partial charge in [0.1, 0.15) is 17.5 Å². The summed E-state index contributed by atoms with van der Waals surface area (Å²) in [6.07, 6.45) is 3.33. The number of morpholine rings is 1. The number of aliphatic imine (C=N–C) groups is 1. The highest BCUT2D eigenvalue weighted by molar-refractivity contribution is 8.04. The fourth-order valence-electron chi connectivity index (χ4n) is 5.50. The highest BCUT2D eigenvalue weighted by Gasteiger charge is 2.38. The lowest BCUT2D eigenvalue weighted by atomic mass is 10.1. The Bertz CT molecular complexity index is 1560. The number of anilines is 2. The van der Waals surface area contributed by atoms with E-state index in [1.165, 1.54) is 11.1 Å². The first kappa shape index (κ1) is 25.3. The predicted molar refractivity (Wildman–Crippen MR) is 162 cm³/mol. The first-order valence-corrected chi connectivity index (χ1v) is 14.4. The molecule has 1 fully saturated rings. The Morgan fingerprint density at radius 3 is 2.42 bits per heavy atom. The molecule has 2 atom stereocenters. The second-order valence-electron chi connectivity index (χ2n) is 10.2. The van der Waals surface area contributed by atoms with Crippen LogP contribution in [0.1, 0.15) is 11.1 Å². The van der Waals surface area contributed by atoms with Crippen LogP contribution in [0.15, 0.2) is 94.7 Å². The van der Waals surface area contributed by atoms with E-state index in [1.807, 2.05) is 40.3 Å². The number of thioether (sulfide) groups is 1. The minimum atomic E-state index is -0.392. The van der Waals surface area contributed by atoms with Crippen LogP contribution in [0.5, 0.6) is 0 Å². The molecule has 2 unspecified atom stereocenters. The average molecular weight is 553 g/mol. The summed E-state index contributed by atoms with van der Waals surface area (Å²) in [5, 5.41) is 5.72. The molecule has 3 aliphatic rings. The third kappa shape index (κ3) is 4.78. The quantitative estimate of drug-likeness (QED) is 0.373. The van der Waals surface area contributed by atoms with E-state index in [-0.39, 0.29) is 5.50 Å². The van der Waals surface area contributed by atoms with E-state index in [0.717, 1.165) is 65.9 Å². The molecule has 40 heavy (non-hydrogen) atoms. The SMILES string of the molecule is NC1C2=C(N=CN1c1ccc3cnn(Cc4ccccc4)c3c1)N(c1ccc(CN3CCOCC3)cc1)C(N)S2. The van der Waals surface area contributed by atoms with Crippen LogP contribution >= 0.6 is 11.8 Å². The summed E-state index contributed by atoms with van der Waals surface area (Å²) in [5.41, 5.74) is 18.7. The van der Waals surface area contributed by atoms with Gasteiger partial charge in [-0.3, -0.25) is 14.5 Å². The maximum Gasteiger partial charge on any atom is 0.150 e. The van der Waals surface area contributed by atoms with Gasteiger partial charge in [-0.1, -0.05) is 54.2 Å². The number of nitrogens with two attached hydrogens (primary N) is 2. The van der Waals surface area contributed by atoms with Gasteiger partial charge in [-0.2, -0.15) is 5.10 Å². The lowest BCUT2D eigenvalue weighted by Crippen LogP contribution is -2.44. The molecule has 0 saturated carbocycles. The summed E-state index contributed by atoms with van der Waals surface area (Å²) < 4.78 is 7.50. The molecule has 7 rings (SSSR count). The maximum absolute atomic E-state index is 6.84. The zero-order valence-electron chi connectivity index (χ0n) is 22.1. The Kier molecular flexibility index (Phi) is 6.78. The first-order chi connectivity index (χ1) is 19.6. The zero-order chi connectivity index (χ0) is 27.1. The summed E-state index contributed by atoms with van der Waals surface area (Å²) >= 11 is 1.57.